The SMILES string of the molecule is CNS(=O)(=O)c1cccc2c1CCN(C(=O)c1cccnc1C1CC1)C2. The fourth-order valence-corrected chi connectivity index (χ4v) is 4.60. The number of aromatic nitrogens is 1. The Kier molecular flexibility index (Phi) is 4.28. The molecule has 1 fully saturated rings. The lowest BCUT2D eigenvalue weighted by Gasteiger charge is -2.30. The van der Waals surface area contributed by atoms with Crippen LogP contribution in [0.25, 0.3) is 0 Å². The number of nitrogens with zero attached hydrogens (tertiary/aromatic N) is 2. The van der Waals surface area contributed by atoms with E-state index in [-0.39, 0.29) is 5.91 Å². The number of rotatable bonds is 4. The molecule has 0 bridgehead atoms. The number of sulfonamides is 1. The highest BCUT2D eigenvalue weighted by atomic mass is 32.2. The van der Waals surface area contributed by atoms with E-state index in [0.717, 1.165) is 29.7 Å². The Morgan fingerprint density at radius 3 is 2.77 bits per heavy atom. The largest absolute Gasteiger partial charge is 0.334 e. The first-order valence-electron chi connectivity index (χ1n) is 8.80. The molecule has 2 aromatic rings. The van der Waals surface area contributed by atoms with Crippen LogP contribution in [0.4, 0.5) is 0 Å². The van der Waals surface area contributed by atoms with Crippen molar-refractivity contribution in [2.24, 2.45) is 0 Å². The Bertz CT molecular complexity index is 968. The van der Waals surface area contributed by atoms with Gasteiger partial charge in [-0.3, -0.25) is 9.78 Å². The molecule has 0 radical (unpaired) electrons. The van der Waals surface area contributed by atoms with Crippen LogP contribution in [-0.2, 0) is 23.0 Å². The van der Waals surface area contributed by atoms with Gasteiger partial charge in [0, 0.05) is 25.2 Å². The number of fused-ring (bicyclic) bond motifs is 1. The monoisotopic (exact) mass is 371 g/mol. The van der Waals surface area contributed by atoms with Gasteiger partial charge in [0.25, 0.3) is 5.91 Å². The molecule has 2 aliphatic rings. The quantitative estimate of drug-likeness (QED) is 0.892. The van der Waals surface area contributed by atoms with Crippen molar-refractivity contribution in [3.05, 3.63) is 58.9 Å². The van der Waals surface area contributed by atoms with Crippen molar-refractivity contribution >= 4 is 15.9 Å². The van der Waals surface area contributed by atoms with Crippen LogP contribution < -0.4 is 4.72 Å². The van der Waals surface area contributed by atoms with Crippen LogP contribution in [0, 0.1) is 0 Å². The van der Waals surface area contributed by atoms with Gasteiger partial charge in [0.2, 0.25) is 10.0 Å². The lowest BCUT2D eigenvalue weighted by molar-refractivity contribution is 0.0732. The Balaban J connectivity index is 1.64. The van der Waals surface area contributed by atoms with Gasteiger partial charge in [-0.15, -0.1) is 0 Å². The van der Waals surface area contributed by atoms with Crippen LogP contribution in [0.5, 0.6) is 0 Å². The minimum absolute atomic E-state index is 0.0208. The van der Waals surface area contributed by atoms with Crippen molar-refractivity contribution in [1.29, 1.82) is 0 Å². The highest BCUT2D eigenvalue weighted by Crippen LogP contribution is 2.40. The van der Waals surface area contributed by atoms with Crippen LogP contribution in [0.3, 0.4) is 0 Å². The van der Waals surface area contributed by atoms with Crippen LogP contribution in [-0.4, -0.2) is 37.8 Å². The molecule has 136 valence electrons. The zero-order chi connectivity index (χ0) is 18.3. The van der Waals surface area contributed by atoms with E-state index in [2.05, 4.69) is 9.71 Å². The molecule has 0 unspecified atom stereocenters. The maximum Gasteiger partial charge on any atom is 0.256 e. The number of nitrogens with one attached hydrogen (secondary N) is 1. The molecule has 0 saturated heterocycles. The second kappa shape index (κ2) is 6.48. The topological polar surface area (TPSA) is 79.4 Å². The first kappa shape index (κ1) is 17.2. The maximum atomic E-state index is 13.1. The van der Waals surface area contributed by atoms with E-state index in [1.54, 1.807) is 29.3 Å². The van der Waals surface area contributed by atoms with Gasteiger partial charge in [0.05, 0.1) is 16.2 Å². The molecule has 2 heterocycles. The lowest BCUT2D eigenvalue weighted by Crippen LogP contribution is -2.37. The second-order valence-corrected chi connectivity index (χ2v) is 8.64. The highest BCUT2D eigenvalue weighted by Gasteiger charge is 2.32. The number of hydrogen-bond donors (Lipinski definition) is 1. The highest BCUT2D eigenvalue weighted by molar-refractivity contribution is 7.89. The van der Waals surface area contributed by atoms with Gasteiger partial charge in [-0.1, -0.05) is 12.1 Å². The Morgan fingerprint density at radius 1 is 1.23 bits per heavy atom. The Hall–Kier alpha value is -2.25. The molecule has 0 atom stereocenters. The smallest absolute Gasteiger partial charge is 0.256 e. The first-order valence-corrected chi connectivity index (χ1v) is 10.3. The summed E-state index contributed by atoms with van der Waals surface area (Å²) in [5.41, 5.74) is 3.27. The van der Waals surface area contributed by atoms with E-state index < -0.39 is 10.0 Å². The van der Waals surface area contributed by atoms with E-state index in [0.29, 0.717) is 35.9 Å². The molecule has 1 aromatic heterocycles. The average molecular weight is 371 g/mol. The summed E-state index contributed by atoms with van der Waals surface area (Å²) >= 11 is 0. The van der Waals surface area contributed by atoms with Crippen LogP contribution in [0.2, 0.25) is 0 Å². The third-order valence-electron chi connectivity index (χ3n) is 5.10. The number of hydrogen-bond acceptors (Lipinski definition) is 4. The molecule has 1 saturated carbocycles. The van der Waals surface area contributed by atoms with Gasteiger partial charge in [-0.25, -0.2) is 13.1 Å². The van der Waals surface area contributed by atoms with Crippen LogP contribution in [0.15, 0.2) is 41.4 Å². The molecule has 1 aliphatic carbocycles. The molecule has 4 rings (SSSR count). The van der Waals surface area contributed by atoms with Gasteiger partial charge in [0.1, 0.15) is 0 Å². The molecule has 6 nitrogen and oxygen atoms in total. The summed E-state index contributed by atoms with van der Waals surface area (Å²) in [7, 11) is -2.09. The fraction of sp³-hybridized carbons (Fsp3) is 0.368. The van der Waals surface area contributed by atoms with Crippen LogP contribution in [0.1, 0.15) is 45.9 Å². The predicted molar refractivity (Wildman–Crippen MR) is 97.3 cm³/mol. The van der Waals surface area contributed by atoms with E-state index in [9.17, 15) is 13.2 Å². The molecular formula is C19H21N3O3S. The summed E-state index contributed by atoms with van der Waals surface area (Å²) in [6.07, 6.45) is 4.44. The zero-order valence-corrected chi connectivity index (χ0v) is 15.4. The van der Waals surface area contributed by atoms with Gasteiger partial charge >= 0.3 is 0 Å². The maximum absolute atomic E-state index is 13.1. The first-order chi connectivity index (χ1) is 12.5. The summed E-state index contributed by atoms with van der Waals surface area (Å²) in [5, 5.41) is 0. The summed E-state index contributed by atoms with van der Waals surface area (Å²) in [4.78, 5) is 19.6. The second-order valence-electron chi connectivity index (χ2n) is 6.79. The number of benzene rings is 1. The molecule has 1 aliphatic heterocycles. The standard InChI is InChI=1S/C19H21N3O3S/c1-20-26(24,25)17-6-2-4-14-12-22(11-9-15(14)17)19(23)16-5-3-10-21-18(16)13-7-8-13/h2-6,10,13,20H,7-9,11-12H2,1H3. The average Bonchev–Trinajstić information content (AvgIpc) is 3.51. The van der Waals surface area contributed by atoms with Crippen molar-refractivity contribution in [3.8, 4) is 0 Å². The van der Waals surface area contributed by atoms with E-state index >= 15 is 0 Å². The van der Waals surface area contributed by atoms with Crippen molar-refractivity contribution < 1.29 is 13.2 Å². The number of carbonyl (C=O) groups is 1. The van der Waals surface area contributed by atoms with Gasteiger partial charge in [-0.05, 0) is 55.6 Å². The normalized spacial score (nSPS) is 17.0. The van der Waals surface area contributed by atoms with Crippen molar-refractivity contribution in [2.45, 2.75) is 36.6 Å². The molecule has 0 spiro atoms. The molecule has 1 amide bonds. The molecule has 26 heavy (non-hydrogen) atoms. The van der Waals surface area contributed by atoms with Crippen LogP contribution >= 0.6 is 0 Å². The summed E-state index contributed by atoms with van der Waals surface area (Å²) < 4.78 is 26.9. The lowest BCUT2D eigenvalue weighted by atomic mass is 9.98. The Morgan fingerprint density at radius 2 is 2.04 bits per heavy atom. The van der Waals surface area contributed by atoms with E-state index in [1.165, 1.54) is 7.05 Å². The summed E-state index contributed by atoms with van der Waals surface area (Å²) in [6.45, 7) is 0.918. The van der Waals surface area contributed by atoms with E-state index in [4.69, 9.17) is 0 Å². The Labute approximate surface area is 153 Å². The van der Waals surface area contributed by atoms with Crippen molar-refractivity contribution in [1.82, 2.24) is 14.6 Å². The number of amides is 1. The van der Waals surface area contributed by atoms with Gasteiger partial charge < -0.3 is 4.90 Å². The third-order valence-corrected chi connectivity index (χ3v) is 6.60. The van der Waals surface area contributed by atoms with E-state index in [1.807, 2.05) is 12.1 Å². The van der Waals surface area contributed by atoms with Crippen molar-refractivity contribution in [3.63, 3.8) is 0 Å². The summed E-state index contributed by atoms with van der Waals surface area (Å²) in [6, 6.07) is 8.90. The minimum atomic E-state index is -3.50. The van der Waals surface area contributed by atoms with Gasteiger partial charge in [-0.2, -0.15) is 0 Å². The fourth-order valence-electron chi connectivity index (χ4n) is 3.56. The molecule has 1 aromatic carbocycles. The molecule has 1 N–H and O–H groups in total. The number of pyridine rings is 1. The number of carbonyl (C=O) groups excluding carboxylic acids is 1. The zero-order valence-electron chi connectivity index (χ0n) is 14.6. The van der Waals surface area contributed by atoms with Crippen molar-refractivity contribution in [2.75, 3.05) is 13.6 Å². The minimum Gasteiger partial charge on any atom is -0.334 e. The third kappa shape index (κ3) is 3.01. The summed E-state index contributed by atoms with van der Waals surface area (Å²) in [5.74, 6) is 0.382. The molecular weight excluding hydrogens is 350 g/mol. The van der Waals surface area contributed by atoms with Gasteiger partial charge in [0.15, 0.2) is 0 Å². The molecule has 7 heteroatoms. The predicted octanol–water partition coefficient (Wildman–Crippen LogP) is 2.07.